The second-order valence-electron chi connectivity index (χ2n) is 4.82. The van der Waals surface area contributed by atoms with E-state index in [-0.39, 0.29) is 0 Å². The summed E-state index contributed by atoms with van der Waals surface area (Å²) in [5.74, 6) is 2.56. The normalized spacial score (nSPS) is 13.8. The molecule has 0 saturated carbocycles. The van der Waals surface area contributed by atoms with Gasteiger partial charge in [-0.1, -0.05) is 36.3 Å². The first-order valence-electron chi connectivity index (χ1n) is 6.86. The molecule has 21 heavy (non-hydrogen) atoms. The second kappa shape index (κ2) is 5.60. The lowest BCUT2D eigenvalue weighted by Crippen LogP contribution is -2.24. The molecule has 0 radical (unpaired) electrons. The Kier molecular flexibility index (Phi) is 3.49. The summed E-state index contributed by atoms with van der Waals surface area (Å²) < 4.78 is 0. The number of hydrogen-bond acceptors (Lipinski definition) is 2. The molecule has 0 fully saturated rings. The van der Waals surface area contributed by atoms with E-state index in [1.165, 1.54) is 0 Å². The fraction of sp³-hybridized carbons (Fsp3) is 0.0526. The molecule has 0 amide bonds. The van der Waals surface area contributed by atoms with Crippen LogP contribution in [0.25, 0.3) is 0 Å². The molecule has 102 valence electrons. The molecule has 1 aliphatic rings. The van der Waals surface area contributed by atoms with Gasteiger partial charge in [-0.2, -0.15) is 0 Å². The fourth-order valence-corrected chi connectivity index (χ4v) is 2.52. The van der Waals surface area contributed by atoms with Gasteiger partial charge >= 0.3 is 0 Å². The van der Waals surface area contributed by atoms with Crippen LogP contribution in [0.1, 0.15) is 6.92 Å². The topological polar surface area (TPSA) is 15.3 Å². The van der Waals surface area contributed by atoms with Crippen LogP contribution in [0.2, 0.25) is 0 Å². The quantitative estimate of drug-likeness (QED) is 0.799. The van der Waals surface area contributed by atoms with E-state index in [4.69, 9.17) is 6.42 Å². The van der Waals surface area contributed by atoms with Gasteiger partial charge in [0.1, 0.15) is 0 Å². The third-order valence-electron chi connectivity index (χ3n) is 3.44. The van der Waals surface area contributed by atoms with E-state index < -0.39 is 0 Å². The van der Waals surface area contributed by atoms with Crippen LogP contribution in [0, 0.1) is 12.3 Å². The highest BCUT2D eigenvalue weighted by atomic mass is 15.2. The Morgan fingerprint density at radius 1 is 1.05 bits per heavy atom. The van der Waals surface area contributed by atoms with Gasteiger partial charge < -0.3 is 10.2 Å². The van der Waals surface area contributed by atoms with Crippen molar-refractivity contribution in [1.29, 1.82) is 0 Å². The highest BCUT2D eigenvalue weighted by Gasteiger charge is 2.22. The van der Waals surface area contributed by atoms with Crippen molar-refractivity contribution in [2.45, 2.75) is 6.92 Å². The van der Waals surface area contributed by atoms with Gasteiger partial charge in [-0.3, -0.25) is 0 Å². The molecule has 3 rings (SSSR count). The summed E-state index contributed by atoms with van der Waals surface area (Å²) in [5.41, 5.74) is 5.45. The lowest BCUT2D eigenvalue weighted by Gasteiger charge is -2.34. The maximum atomic E-state index is 5.37. The summed E-state index contributed by atoms with van der Waals surface area (Å²) in [5, 5.41) is 3.44. The third-order valence-corrected chi connectivity index (χ3v) is 3.44. The van der Waals surface area contributed by atoms with Gasteiger partial charge in [0.15, 0.2) is 0 Å². The van der Waals surface area contributed by atoms with E-state index in [1.807, 2.05) is 36.4 Å². The summed E-state index contributed by atoms with van der Waals surface area (Å²) in [4.78, 5) is 2.22. The van der Waals surface area contributed by atoms with Crippen LogP contribution < -0.4 is 10.2 Å². The minimum atomic E-state index is 1.05. The number of benzene rings is 2. The number of terminal acetylenes is 1. The second-order valence-corrected chi connectivity index (χ2v) is 4.82. The maximum absolute atomic E-state index is 5.37. The molecule has 2 aromatic carbocycles. The average molecular weight is 272 g/mol. The van der Waals surface area contributed by atoms with Crippen molar-refractivity contribution < 1.29 is 0 Å². The number of nitrogens with zero attached hydrogens (tertiary/aromatic N) is 1. The molecule has 1 aliphatic heterocycles. The molecular weight excluding hydrogens is 256 g/mol. The molecule has 0 atom stereocenters. The van der Waals surface area contributed by atoms with E-state index >= 15 is 0 Å². The van der Waals surface area contributed by atoms with Crippen molar-refractivity contribution in [2.75, 3.05) is 10.2 Å². The molecule has 0 spiro atoms. The predicted octanol–water partition coefficient (Wildman–Crippen LogP) is 4.67. The van der Waals surface area contributed by atoms with Crippen molar-refractivity contribution >= 4 is 17.1 Å². The predicted molar refractivity (Wildman–Crippen MR) is 89.3 cm³/mol. The third kappa shape index (κ3) is 2.42. The average Bonchev–Trinajstić information content (AvgIpc) is 2.53. The lowest BCUT2D eigenvalue weighted by atomic mass is 10.1. The standard InChI is InChI=1S/C19H16N2/c1-3-4-13-18-15(2)20-17-12-8-9-14-19(17)21(18)16-10-6-5-7-11-16/h1,4-14,20H,2H3/b13-4-. The molecule has 1 heterocycles. The van der Waals surface area contributed by atoms with Gasteiger partial charge in [0.05, 0.1) is 17.1 Å². The Morgan fingerprint density at radius 3 is 2.52 bits per heavy atom. The molecule has 2 heteroatoms. The number of anilines is 3. The van der Waals surface area contributed by atoms with Crippen molar-refractivity contribution in [2.24, 2.45) is 0 Å². The van der Waals surface area contributed by atoms with E-state index in [0.29, 0.717) is 0 Å². The Bertz CT molecular complexity index is 749. The zero-order valence-electron chi connectivity index (χ0n) is 11.9. The zero-order valence-corrected chi connectivity index (χ0v) is 11.9. The molecule has 0 aliphatic carbocycles. The Morgan fingerprint density at radius 2 is 1.76 bits per heavy atom. The number of hydrogen-bond donors (Lipinski definition) is 1. The summed E-state index contributed by atoms with van der Waals surface area (Å²) in [6.07, 6.45) is 9.06. The van der Waals surface area contributed by atoms with Crippen LogP contribution >= 0.6 is 0 Å². The first kappa shape index (κ1) is 13.1. The molecule has 1 N–H and O–H groups in total. The Balaban J connectivity index is 2.19. The van der Waals surface area contributed by atoms with Crippen LogP contribution in [-0.4, -0.2) is 0 Å². The molecule has 2 aromatic rings. The number of nitrogens with one attached hydrogen (secondary N) is 1. The maximum Gasteiger partial charge on any atom is 0.0697 e. The van der Waals surface area contributed by atoms with Crippen molar-refractivity contribution in [3.05, 3.63) is 78.1 Å². The van der Waals surface area contributed by atoms with Crippen LogP contribution in [0.3, 0.4) is 0 Å². The highest BCUT2D eigenvalue weighted by Crippen LogP contribution is 2.40. The molecule has 0 saturated heterocycles. The molecule has 0 bridgehead atoms. The Labute approximate surface area is 125 Å². The van der Waals surface area contributed by atoms with E-state index in [1.54, 1.807) is 6.08 Å². The summed E-state index contributed by atoms with van der Waals surface area (Å²) >= 11 is 0. The van der Waals surface area contributed by atoms with Crippen LogP contribution in [0.4, 0.5) is 17.1 Å². The fourth-order valence-electron chi connectivity index (χ4n) is 2.52. The zero-order chi connectivity index (χ0) is 14.7. The van der Waals surface area contributed by atoms with Gasteiger partial charge in [-0.05, 0) is 43.3 Å². The van der Waals surface area contributed by atoms with Gasteiger partial charge in [0, 0.05) is 11.4 Å². The van der Waals surface area contributed by atoms with E-state index in [0.717, 1.165) is 28.5 Å². The lowest BCUT2D eigenvalue weighted by molar-refractivity contribution is 1.12. The van der Waals surface area contributed by atoms with Gasteiger partial charge in [-0.25, -0.2) is 0 Å². The van der Waals surface area contributed by atoms with Gasteiger partial charge in [-0.15, -0.1) is 6.42 Å². The van der Waals surface area contributed by atoms with Gasteiger partial charge in [0.2, 0.25) is 0 Å². The molecule has 0 unspecified atom stereocenters. The number of rotatable bonds is 2. The summed E-state index contributed by atoms with van der Waals surface area (Å²) in [6.45, 7) is 2.06. The summed E-state index contributed by atoms with van der Waals surface area (Å²) in [7, 11) is 0. The van der Waals surface area contributed by atoms with E-state index in [9.17, 15) is 0 Å². The number of fused-ring (bicyclic) bond motifs is 1. The minimum absolute atomic E-state index is 1.05. The smallest absolute Gasteiger partial charge is 0.0697 e. The first-order chi connectivity index (χ1) is 10.3. The highest BCUT2D eigenvalue weighted by molar-refractivity contribution is 5.84. The Hall–Kier alpha value is -2.92. The summed E-state index contributed by atoms with van der Waals surface area (Å²) in [6, 6.07) is 18.5. The molecule has 2 nitrogen and oxygen atoms in total. The molecular formula is C19H16N2. The van der Waals surface area contributed by atoms with Crippen LogP contribution in [0.5, 0.6) is 0 Å². The first-order valence-corrected chi connectivity index (χ1v) is 6.86. The van der Waals surface area contributed by atoms with Crippen molar-refractivity contribution in [3.63, 3.8) is 0 Å². The molecule has 0 aromatic heterocycles. The van der Waals surface area contributed by atoms with Crippen LogP contribution in [0.15, 0.2) is 78.1 Å². The van der Waals surface area contributed by atoms with E-state index in [2.05, 4.69) is 47.3 Å². The largest absolute Gasteiger partial charge is 0.356 e. The van der Waals surface area contributed by atoms with Crippen molar-refractivity contribution in [3.8, 4) is 12.3 Å². The number of allylic oxidation sites excluding steroid dienone is 3. The monoisotopic (exact) mass is 272 g/mol. The van der Waals surface area contributed by atoms with Crippen LogP contribution in [-0.2, 0) is 0 Å². The minimum Gasteiger partial charge on any atom is -0.356 e. The SMILES string of the molecule is C#C/C=C\C1=C(C)Nc2ccccc2N1c1ccccc1. The van der Waals surface area contributed by atoms with Gasteiger partial charge in [0.25, 0.3) is 0 Å². The van der Waals surface area contributed by atoms with Crippen molar-refractivity contribution in [1.82, 2.24) is 0 Å². The number of para-hydroxylation sites is 3.